The molecule has 7 heteroatoms. The van der Waals surface area contributed by atoms with Crippen LogP contribution in [0.2, 0.25) is 0 Å². The summed E-state index contributed by atoms with van der Waals surface area (Å²) in [5.74, 6) is -1.77. The van der Waals surface area contributed by atoms with Gasteiger partial charge in [0.05, 0.1) is 23.4 Å². The van der Waals surface area contributed by atoms with Gasteiger partial charge in [0.25, 0.3) is 0 Å². The molecule has 7 nitrogen and oxygen atoms in total. The number of hydrogen-bond acceptors (Lipinski definition) is 5. The van der Waals surface area contributed by atoms with Gasteiger partial charge in [0, 0.05) is 18.7 Å². The summed E-state index contributed by atoms with van der Waals surface area (Å²) in [6, 6.07) is 10.7. The first-order chi connectivity index (χ1) is 16.7. The quantitative estimate of drug-likeness (QED) is 0.290. The Kier molecular flexibility index (Phi) is 5.79. The van der Waals surface area contributed by atoms with Crippen molar-refractivity contribution >= 4 is 35.1 Å². The van der Waals surface area contributed by atoms with Crippen molar-refractivity contribution in [3.05, 3.63) is 65.2 Å². The third-order valence-corrected chi connectivity index (χ3v) is 7.40. The predicted octanol–water partition coefficient (Wildman–Crippen LogP) is 4.03. The zero-order valence-electron chi connectivity index (χ0n) is 20.1. The van der Waals surface area contributed by atoms with E-state index in [0.29, 0.717) is 29.8 Å². The van der Waals surface area contributed by atoms with E-state index in [2.05, 4.69) is 0 Å². The van der Waals surface area contributed by atoms with Crippen LogP contribution in [-0.4, -0.2) is 30.2 Å². The Morgan fingerprint density at radius 2 is 1.54 bits per heavy atom. The highest BCUT2D eigenvalue weighted by Gasteiger charge is 2.48. The van der Waals surface area contributed by atoms with Crippen LogP contribution in [0.1, 0.15) is 36.0 Å². The molecule has 3 atom stereocenters. The Morgan fingerprint density at radius 1 is 0.857 bits per heavy atom. The van der Waals surface area contributed by atoms with Crippen molar-refractivity contribution in [2.45, 2.75) is 40.0 Å². The topological polar surface area (TPSA) is 84.0 Å². The summed E-state index contributed by atoms with van der Waals surface area (Å²) in [6.45, 7) is 6.06. The van der Waals surface area contributed by atoms with Crippen molar-refractivity contribution in [3.63, 3.8) is 0 Å². The molecule has 2 aliphatic heterocycles. The van der Waals surface area contributed by atoms with Gasteiger partial charge < -0.3 is 9.64 Å². The summed E-state index contributed by atoms with van der Waals surface area (Å²) in [5, 5.41) is 0. The summed E-state index contributed by atoms with van der Waals surface area (Å²) in [4.78, 5) is 54.2. The van der Waals surface area contributed by atoms with E-state index in [4.69, 9.17) is 4.74 Å². The first-order valence-corrected chi connectivity index (χ1v) is 12.0. The number of esters is 1. The highest BCUT2D eigenvalue weighted by molar-refractivity contribution is 6.22. The summed E-state index contributed by atoms with van der Waals surface area (Å²) < 4.78 is 5.60. The summed E-state index contributed by atoms with van der Waals surface area (Å²) in [6.07, 6.45) is 5.18. The number of allylic oxidation sites excluding steroid dienone is 2. The number of carbonyl (C=O) groups is 4. The Bertz CT molecular complexity index is 1250. The minimum Gasteiger partial charge on any atom is -0.426 e. The molecule has 0 N–H and O–H groups in total. The lowest BCUT2D eigenvalue weighted by Crippen LogP contribution is -2.31. The molecule has 0 unspecified atom stereocenters. The van der Waals surface area contributed by atoms with Crippen molar-refractivity contribution in [2.75, 3.05) is 16.3 Å². The molecule has 0 bridgehead atoms. The molecule has 2 saturated heterocycles. The first kappa shape index (κ1) is 23.0. The fraction of sp³-hybridized carbons (Fsp3) is 0.357. The number of hydrogen-bond donors (Lipinski definition) is 0. The number of ether oxygens (including phenoxy) is 1. The largest absolute Gasteiger partial charge is 0.426 e. The van der Waals surface area contributed by atoms with Crippen LogP contribution in [0.4, 0.5) is 11.4 Å². The van der Waals surface area contributed by atoms with Crippen molar-refractivity contribution in [3.8, 4) is 5.75 Å². The average molecular weight is 473 g/mol. The van der Waals surface area contributed by atoms with Crippen molar-refractivity contribution in [1.29, 1.82) is 0 Å². The van der Waals surface area contributed by atoms with E-state index < -0.39 is 11.9 Å². The van der Waals surface area contributed by atoms with Crippen LogP contribution >= 0.6 is 0 Å². The molecule has 2 aromatic rings. The maximum Gasteiger partial charge on any atom is 0.316 e. The van der Waals surface area contributed by atoms with Gasteiger partial charge in [0.2, 0.25) is 17.7 Å². The number of aryl methyl sites for hydroxylation is 3. The van der Waals surface area contributed by atoms with Crippen molar-refractivity contribution < 1.29 is 23.9 Å². The number of rotatable bonds is 4. The molecule has 5 rings (SSSR count). The second kappa shape index (κ2) is 8.80. The predicted molar refractivity (Wildman–Crippen MR) is 131 cm³/mol. The van der Waals surface area contributed by atoms with Crippen LogP contribution in [0.3, 0.4) is 0 Å². The van der Waals surface area contributed by atoms with Crippen LogP contribution in [-0.2, 0) is 19.2 Å². The fourth-order valence-corrected chi connectivity index (χ4v) is 5.19. The Morgan fingerprint density at radius 3 is 2.17 bits per heavy atom. The highest BCUT2D eigenvalue weighted by Crippen LogP contribution is 2.39. The number of anilines is 2. The average Bonchev–Trinajstić information content (AvgIpc) is 3.34. The number of imide groups is 1. The summed E-state index contributed by atoms with van der Waals surface area (Å²) in [7, 11) is 0. The molecule has 2 heterocycles. The molecule has 180 valence electrons. The van der Waals surface area contributed by atoms with Crippen LogP contribution in [0.15, 0.2) is 48.6 Å². The van der Waals surface area contributed by atoms with E-state index in [-0.39, 0.29) is 42.5 Å². The van der Waals surface area contributed by atoms with E-state index in [0.717, 1.165) is 16.8 Å². The normalized spacial score (nSPS) is 23.7. The molecule has 0 spiro atoms. The zero-order valence-corrected chi connectivity index (χ0v) is 20.1. The van der Waals surface area contributed by atoms with Gasteiger partial charge in [-0.15, -0.1) is 0 Å². The molecular formula is C28H28N2O5. The maximum absolute atomic E-state index is 12.9. The van der Waals surface area contributed by atoms with E-state index in [1.165, 1.54) is 4.90 Å². The Balaban J connectivity index is 1.28. The summed E-state index contributed by atoms with van der Waals surface area (Å²) >= 11 is 0. The van der Waals surface area contributed by atoms with Crippen LogP contribution in [0.5, 0.6) is 5.75 Å². The SMILES string of the molecule is Cc1ccc(N2C[C@H](C(=O)Oc3ccc(N4C(=O)[C@@H]5CC=CC[C@H]5C4=O)c(C)c3)CC2=O)cc1C. The molecule has 1 aliphatic carbocycles. The van der Waals surface area contributed by atoms with E-state index in [1.807, 2.05) is 44.2 Å². The summed E-state index contributed by atoms with van der Waals surface area (Å²) in [5.41, 5.74) is 4.20. The molecular weight excluding hydrogens is 444 g/mol. The number of carbonyl (C=O) groups excluding carboxylic acids is 4. The van der Waals surface area contributed by atoms with Crippen LogP contribution < -0.4 is 14.5 Å². The van der Waals surface area contributed by atoms with Gasteiger partial charge in [-0.05, 0) is 80.6 Å². The second-order valence-electron chi connectivity index (χ2n) is 9.71. The van der Waals surface area contributed by atoms with Crippen LogP contribution in [0, 0.1) is 38.5 Å². The molecule has 2 aromatic carbocycles. The molecule has 0 radical (unpaired) electrons. The third kappa shape index (κ3) is 4.05. The molecule has 0 aromatic heterocycles. The lowest BCUT2D eigenvalue weighted by atomic mass is 9.85. The molecule has 0 saturated carbocycles. The zero-order chi connectivity index (χ0) is 24.9. The second-order valence-corrected chi connectivity index (χ2v) is 9.71. The number of nitrogens with zero attached hydrogens (tertiary/aromatic N) is 2. The number of amides is 3. The van der Waals surface area contributed by atoms with E-state index in [9.17, 15) is 19.2 Å². The fourth-order valence-electron chi connectivity index (χ4n) is 5.19. The van der Waals surface area contributed by atoms with Crippen molar-refractivity contribution in [2.24, 2.45) is 17.8 Å². The van der Waals surface area contributed by atoms with E-state index >= 15 is 0 Å². The molecule has 2 fully saturated rings. The smallest absolute Gasteiger partial charge is 0.316 e. The molecule has 3 amide bonds. The van der Waals surface area contributed by atoms with Gasteiger partial charge in [-0.25, -0.2) is 4.90 Å². The maximum atomic E-state index is 12.9. The standard InChI is InChI=1S/C28H28N2O5/c1-16-8-9-20(12-17(16)2)29-15-19(14-25(29)31)28(34)35-21-10-11-24(18(3)13-21)30-26(32)22-6-4-5-7-23(22)27(30)33/h4-5,8-13,19,22-23H,6-7,14-15H2,1-3H3/t19-,22-,23-/m1/s1. The van der Waals surface area contributed by atoms with Gasteiger partial charge >= 0.3 is 5.97 Å². The molecule has 35 heavy (non-hydrogen) atoms. The van der Waals surface area contributed by atoms with Crippen LogP contribution in [0.25, 0.3) is 0 Å². The van der Waals surface area contributed by atoms with Gasteiger partial charge in [-0.2, -0.15) is 0 Å². The first-order valence-electron chi connectivity index (χ1n) is 12.0. The number of fused-ring (bicyclic) bond motifs is 1. The third-order valence-electron chi connectivity index (χ3n) is 7.40. The minimum absolute atomic E-state index is 0.0937. The highest BCUT2D eigenvalue weighted by atomic mass is 16.5. The molecule has 3 aliphatic rings. The minimum atomic E-state index is -0.568. The Hall–Kier alpha value is -3.74. The van der Waals surface area contributed by atoms with Gasteiger partial charge in [-0.1, -0.05) is 18.2 Å². The Labute approximate surface area is 204 Å². The lowest BCUT2D eigenvalue weighted by molar-refractivity contribution is -0.139. The van der Waals surface area contributed by atoms with Gasteiger partial charge in [-0.3, -0.25) is 19.2 Å². The lowest BCUT2D eigenvalue weighted by Gasteiger charge is -2.19. The van der Waals surface area contributed by atoms with Gasteiger partial charge in [0.1, 0.15) is 5.75 Å². The van der Waals surface area contributed by atoms with E-state index in [1.54, 1.807) is 30.0 Å². The monoisotopic (exact) mass is 472 g/mol. The number of benzene rings is 2. The van der Waals surface area contributed by atoms with Gasteiger partial charge in [0.15, 0.2) is 0 Å². The van der Waals surface area contributed by atoms with Crippen molar-refractivity contribution in [1.82, 2.24) is 0 Å².